The van der Waals surface area contributed by atoms with Crippen LogP contribution in [0.1, 0.15) is 5.56 Å². The first-order valence-corrected chi connectivity index (χ1v) is 4.90. The van der Waals surface area contributed by atoms with Crippen LogP contribution < -0.4 is 0 Å². The van der Waals surface area contributed by atoms with Crippen LogP contribution in [0.4, 0.5) is 13.2 Å². The molecule has 0 aliphatic heterocycles. The van der Waals surface area contributed by atoms with Gasteiger partial charge in [0.2, 0.25) is 12.1 Å². The van der Waals surface area contributed by atoms with Gasteiger partial charge in [-0.15, -0.1) is 0 Å². The Morgan fingerprint density at radius 2 is 1.83 bits per heavy atom. The number of nitrogens with zero attached hydrogens (tertiary/aromatic N) is 1. The quantitative estimate of drug-likeness (QED) is 0.668. The molecule has 0 bridgehead atoms. The van der Waals surface area contributed by atoms with Gasteiger partial charge in [-0.25, -0.2) is 0 Å². The first kappa shape index (κ1) is 14.2. The molecule has 0 aliphatic carbocycles. The van der Waals surface area contributed by atoms with Gasteiger partial charge in [-0.2, -0.15) is 13.2 Å². The highest BCUT2D eigenvalue weighted by Gasteiger charge is 2.55. The lowest BCUT2D eigenvalue weighted by atomic mass is 10.0. The zero-order valence-corrected chi connectivity index (χ0v) is 9.09. The Morgan fingerprint density at radius 3 is 2.28 bits per heavy atom. The number of alkyl halides is 3. The molecule has 1 aromatic carbocycles. The number of hydrogen-bond acceptors (Lipinski definition) is 3. The zero-order chi connectivity index (χ0) is 13.8. The number of hydrogen-bond donors (Lipinski definition) is 1. The summed E-state index contributed by atoms with van der Waals surface area (Å²) in [5.74, 6) is 0. The second-order valence-electron chi connectivity index (χ2n) is 3.66. The summed E-state index contributed by atoms with van der Waals surface area (Å²) >= 11 is 0. The van der Waals surface area contributed by atoms with Crippen molar-refractivity contribution in [1.29, 1.82) is 0 Å². The molecule has 18 heavy (non-hydrogen) atoms. The molecule has 0 aromatic heterocycles. The highest BCUT2D eigenvalue weighted by molar-refractivity contribution is 5.50. The van der Waals surface area contributed by atoms with E-state index in [4.69, 9.17) is 0 Å². The summed E-state index contributed by atoms with van der Waals surface area (Å²) in [4.78, 5) is 8.98. The minimum Gasteiger partial charge on any atom is -0.372 e. The Labute approximate surface area is 101 Å². The molecule has 0 saturated carbocycles. The topological polar surface area (TPSA) is 63.4 Å². The number of aliphatic hydroxyl groups is 1. The van der Waals surface area contributed by atoms with E-state index in [1.54, 1.807) is 18.2 Å². The van der Waals surface area contributed by atoms with Gasteiger partial charge in [0.25, 0.3) is 0 Å². The van der Waals surface area contributed by atoms with Crippen LogP contribution in [-0.2, 0) is 0 Å². The summed E-state index contributed by atoms with van der Waals surface area (Å²) < 4.78 is 37.7. The largest absolute Gasteiger partial charge is 0.427 e. The molecule has 7 heteroatoms. The van der Waals surface area contributed by atoms with Crippen molar-refractivity contribution in [3.8, 4) is 0 Å². The van der Waals surface area contributed by atoms with E-state index in [1.807, 2.05) is 0 Å². The predicted molar refractivity (Wildman–Crippen MR) is 58.3 cm³/mol. The fourth-order valence-corrected chi connectivity index (χ4v) is 1.23. The monoisotopic (exact) mass is 261 g/mol. The molecular weight excluding hydrogens is 251 g/mol. The molecule has 1 N–H and O–H groups in total. The third kappa shape index (κ3) is 3.56. The molecular formula is C11H10F3NO3. The second-order valence-corrected chi connectivity index (χ2v) is 3.66. The summed E-state index contributed by atoms with van der Waals surface area (Å²) in [6.07, 6.45) is -3.71. The summed E-state index contributed by atoms with van der Waals surface area (Å²) in [7, 11) is 0. The molecule has 98 valence electrons. The Hall–Kier alpha value is -1.89. The number of nitro groups is 1. The molecule has 0 radical (unpaired) electrons. The smallest absolute Gasteiger partial charge is 0.372 e. The fourth-order valence-electron chi connectivity index (χ4n) is 1.23. The molecule has 0 amide bonds. The van der Waals surface area contributed by atoms with E-state index in [2.05, 4.69) is 0 Å². The van der Waals surface area contributed by atoms with Crippen molar-refractivity contribution in [1.82, 2.24) is 0 Å². The van der Waals surface area contributed by atoms with Gasteiger partial charge in [0.1, 0.15) is 0 Å². The van der Waals surface area contributed by atoms with Gasteiger partial charge in [0.15, 0.2) is 0 Å². The minimum atomic E-state index is -5.11. The van der Waals surface area contributed by atoms with Crippen LogP contribution in [0.3, 0.4) is 0 Å². The van der Waals surface area contributed by atoms with Crippen molar-refractivity contribution in [2.24, 2.45) is 0 Å². The van der Waals surface area contributed by atoms with Gasteiger partial charge in [-0.3, -0.25) is 10.1 Å². The average molecular weight is 261 g/mol. The van der Waals surface area contributed by atoms with E-state index in [-0.39, 0.29) is 0 Å². The van der Waals surface area contributed by atoms with E-state index in [9.17, 15) is 28.4 Å². The fraction of sp³-hybridized carbons (Fsp3) is 0.273. The van der Waals surface area contributed by atoms with Crippen LogP contribution in [0.15, 0.2) is 36.4 Å². The molecule has 0 spiro atoms. The first-order valence-electron chi connectivity index (χ1n) is 4.90. The molecule has 1 atom stereocenters. The molecule has 0 heterocycles. The van der Waals surface area contributed by atoms with Crippen molar-refractivity contribution in [2.45, 2.75) is 11.8 Å². The number of benzene rings is 1. The molecule has 0 fully saturated rings. The highest BCUT2D eigenvalue weighted by atomic mass is 19.4. The van der Waals surface area contributed by atoms with E-state index in [0.717, 1.165) is 6.08 Å². The molecule has 0 saturated heterocycles. The molecule has 1 aromatic rings. The lowest BCUT2D eigenvalue weighted by Crippen LogP contribution is -2.48. The lowest BCUT2D eigenvalue weighted by molar-refractivity contribution is -0.510. The molecule has 4 nitrogen and oxygen atoms in total. The van der Waals surface area contributed by atoms with Gasteiger partial charge >= 0.3 is 6.18 Å². The van der Waals surface area contributed by atoms with Crippen molar-refractivity contribution in [2.75, 3.05) is 6.54 Å². The SMILES string of the molecule is O=[N+]([O-])CC(O)(/C=C/c1ccccc1)C(F)(F)F. The van der Waals surface area contributed by atoms with E-state index >= 15 is 0 Å². The summed E-state index contributed by atoms with van der Waals surface area (Å²) in [5, 5.41) is 19.5. The summed E-state index contributed by atoms with van der Waals surface area (Å²) in [6, 6.07) is 7.89. The Bertz CT molecular complexity index is 445. The molecule has 0 aliphatic rings. The Kier molecular flexibility index (Phi) is 4.07. The van der Waals surface area contributed by atoms with Crippen LogP contribution in [0.25, 0.3) is 6.08 Å². The highest BCUT2D eigenvalue weighted by Crippen LogP contribution is 2.32. The number of rotatable bonds is 4. The van der Waals surface area contributed by atoms with Gasteiger partial charge in [-0.1, -0.05) is 36.4 Å². The van der Waals surface area contributed by atoms with Gasteiger partial charge in [-0.05, 0) is 11.6 Å². The van der Waals surface area contributed by atoms with Crippen molar-refractivity contribution >= 4 is 6.08 Å². The summed E-state index contributed by atoms with van der Waals surface area (Å²) in [5.41, 5.74) is -3.06. The van der Waals surface area contributed by atoms with Crippen molar-refractivity contribution in [3.63, 3.8) is 0 Å². The zero-order valence-electron chi connectivity index (χ0n) is 9.09. The maximum atomic E-state index is 12.6. The second kappa shape index (κ2) is 5.18. The van der Waals surface area contributed by atoms with Crippen molar-refractivity contribution < 1.29 is 23.2 Å². The maximum absolute atomic E-state index is 12.6. The standard InChI is InChI=1S/C11H10F3NO3/c12-11(13,14)10(16,8-15(17)18)7-6-9-4-2-1-3-5-9/h1-7,16H,8H2/b7-6+. The van der Waals surface area contributed by atoms with Gasteiger partial charge < -0.3 is 5.11 Å². The Morgan fingerprint density at radius 1 is 1.28 bits per heavy atom. The van der Waals surface area contributed by atoms with Crippen LogP contribution in [0, 0.1) is 10.1 Å². The first-order chi connectivity index (χ1) is 8.24. The van der Waals surface area contributed by atoms with E-state index in [1.165, 1.54) is 12.1 Å². The van der Waals surface area contributed by atoms with Gasteiger partial charge in [0.05, 0.1) is 0 Å². The van der Waals surface area contributed by atoms with Crippen LogP contribution in [0.5, 0.6) is 0 Å². The molecule has 1 rings (SSSR count). The average Bonchev–Trinajstić information content (AvgIpc) is 2.25. The third-order valence-corrected chi connectivity index (χ3v) is 2.21. The lowest BCUT2D eigenvalue weighted by Gasteiger charge is -2.23. The van der Waals surface area contributed by atoms with Crippen LogP contribution in [-0.4, -0.2) is 28.4 Å². The van der Waals surface area contributed by atoms with Crippen LogP contribution >= 0.6 is 0 Å². The minimum absolute atomic E-state index is 0.394. The Balaban J connectivity index is 2.99. The number of halogens is 3. The maximum Gasteiger partial charge on any atom is 0.427 e. The van der Waals surface area contributed by atoms with Crippen molar-refractivity contribution in [3.05, 3.63) is 52.1 Å². The third-order valence-electron chi connectivity index (χ3n) is 2.21. The summed E-state index contributed by atoms with van der Waals surface area (Å²) in [6.45, 7) is -1.63. The normalized spacial score (nSPS) is 15.6. The molecule has 1 unspecified atom stereocenters. The van der Waals surface area contributed by atoms with Gasteiger partial charge in [0, 0.05) is 4.92 Å². The predicted octanol–water partition coefficient (Wildman–Crippen LogP) is 2.27. The van der Waals surface area contributed by atoms with Crippen LogP contribution in [0.2, 0.25) is 0 Å². The van der Waals surface area contributed by atoms with E-state index < -0.39 is 23.2 Å². The van der Waals surface area contributed by atoms with E-state index in [0.29, 0.717) is 11.6 Å².